The van der Waals surface area contributed by atoms with Crippen LogP contribution in [0.5, 0.6) is 0 Å². The first kappa shape index (κ1) is 12.9. The van der Waals surface area contributed by atoms with Gasteiger partial charge in [-0.15, -0.1) is 10.3 Å². The molecule has 1 saturated heterocycles. The summed E-state index contributed by atoms with van der Waals surface area (Å²) >= 11 is 0. The van der Waals surface area contributed by atoms with Gasteiger partial charge >= 0.3 is 11.9 Å². The fraction of sp³-hybridized carbons (Fsp3) is 0.800. The van der Waals surface area contributed by atoms with Crippen LogP contribution in [0.25, 0.3) is 0 Å². The molecule has 6 heteroatoms. The third-order valence-corrected chi connectivity index (χ3v) is 3.25. The summed E-state index contributed by atoms with van der Waals surface area (Å²) < 4.78 is 9.16. The monoisotopic (exact) mass is 230 g/mol. The summed E-state index contributed by atoms with van der Waals surface area (Å²) in [7, 11) is 2.43. The summed E-state index contributed by atoms with van der Waals surface area (Å²) in [4.78, 5) is 23.1. The summed E-state index contributed by atoms with van der Waals surface area (Å²) in [6.45, 7) is 2.94. The predicted molar refractivity (Wildman–Crippen MR) is 52.6 cm³/mol. The molecule has 1 aliphatic heterocycles. The molecule has 16 heavy (non-hydrogen) atoms. The van der Waals surface area contributed by atoms with E-state index < -0.39 is 23.0 Å². The summed E-state index contributed by atoms with van der Waals surface area (Å²) in [6.07, 6.45) is 0.545. The van der Waals surface area contributed by atoms with Crippen LogP contribution >= 0.6 is 0 Å². The largest absolute Gasteiger partial charge is 0.468 e. The van der Waals surface area contributed by atoms with Crippen LogP contribution in [-0.4, -0.2) is 42.3 Å². The molecule has 0 amide bonds. The molecule has 0 aromatic heterocycles. The van der Waals surface area contributed by atoms with Crippen LogP contribution in [0, 0.1) is 0 Å². The van der Waals surface area contributed by atoms with E-state index in [1.807, 2.05) is 0 Å². The highest BCUT2D eigenvalue weighted by atomic mass is 16.6. The van der Waals surface area contributed by atoms with Crippen molar-refractivity contribution in [3.8, 4) is 0 Å². The Labute approximate surface area is 94.1 Å². The number of carbonyl (C=O) groups excluding carboxylic acids is 2. The first-order chi connectivity index (χ1) is 7.32. The molecular weight excluding hydrogens is 214 g/mol. The minimum Gasteiger partial charge on any atom is -0.468 e. The summed E-state index contributed by atoms with van der Waals surface area (Å²) in [6, 6.07) is 0. The number of hydrogen-bond donors (Lipinski definition) is 0. The molecule has 0 aromatic carbocycles. The molecule has 1 radical (unpaired) electrons. The third-order valence-electron chi connectivity index (χ3n) is 3.25. The number of rotatable bonds is 2. The normalized spacial score (nSPS) is 34.8. The second-order valence-corrected chi connectivity index (χ2v) is 4.33. The molecule has 91 valence electrons. The van der Waals surface area contributed by atoms with Gasteiger partial charge in [0.1, 0.15) is 11.1 Å². The molecule has 1 heterocycles. The van der Waals surface area contributed by atoms with Crippen molar-refractivity contribution in [2.45, 2.75) is 37.8 Å². The van der Waals surface area contributed by atoms with E-state index in [1.165, 1.54) is 28.1 Å². The highest BCUT2D eigenvalue weighted by molar-refractivity contribution is 5.86. The van der Waals surface area contributed by atoms with Gasteiger partial charge in [-0.3, -0.25) is 0 Å². The Morgan fingerprint density at radius 2 is 1.31 bits per heavy atom. The topological polar surface area (TPSA) is 75.7 Å². The van der Waals surface area contributed by atoms with E-state index in [0.717, 1.165) is 0 Å². The van der Waals surface area contributed by atoms with Gasteiger partial charge in [0.05, 0.1) is 14.2 Å². The van der Waals surface area contributed by atoms with Gasteiger partial charge in [0.15, 0.2) is 0 Å². The Morgan fingerprint density at radius 1 is 1.00 bits per heavy atom. The van der Waals surface area contributed by atoms with Gasteiger partial charge in [-0.25, -0.2) is 9.59 Å². The molecule has 0 unspecified atom stereocenters. The smallest absolute Gasteiger partial charge is 0.328 e. The summed E-state index contributed by atoms with van der Waals surface area (Å²) in [5.74, 6) is -1.26. The lowest BCUT2D eigenvalue weighted by molar-refractivity contribution is -0.256. The van der Waals surface area contributed by atoms with Gasteiger partial charge in [0.25, 0.3) is 0 Å². The molecule has 0 saturated carbocycles. The molecular formula is C10H16NO5. The second-order valence-electron chi connectivity index (χ2n) is 4.33. The van der Waals surface area contributed by atoms with Crippen molar-refractivity contribution < 1.29 is 24.3 Å². The summed E-state index contributed by atoms with van der Waals surface area (Å²) in [5, 5.41) is 12.6. The third kappa shape index (κ3) is 1.58. The molecule has 2 atom stereocenters. The lowest BCUT2D eigenvalue weighted by atomic mass is 9.98. The number of hydrogen-bond acceptors (Lipinski definition) is 5. The average molecular weight is 230 g/mol. The van der Waals surface area contributed by atoms with E-state index in [0.29, 0.717) is 5.06 Å². The van der Waals surface area contributed by atoms with Crippen LogP contribution in [0.3, 0.4) is 0 Å². The van der Waals surface area contributed by atoms with Gasteiger partial charge < -0.3 is 9.47 Å². The number of hydroxylamine groups is 2. The van der Waals surface area contributed by atoms with Gasteiger partial charge in [-0.05, 0) is 26.7 Å². The Morgan fingerprint density at radius 3 is 1.56 bits per heavy atom. The van der Waals surface area contributed by atoms with Crippen molar-refractivity contribution >= 4 is 11.9 Å². The molecule has 0 aliphatic carbocycles. The molecule has 0 N–H and O–H groups in total. The molecule has 1 fully saturated rings. The fourth-order valence-corrected chi connectivity index (χ4v) is 2.04. The quantitative estimate of drug-likeness (QED) is 0.637. The van der Waals surface area contributed by atoms with E-state index in [4.69, 9.17) is 0 Å². The maximum absolute atomic E-state index is 12.1. The number of carbonyl (C=O) groups is 2. The Balaban J connectivity index is 3.01. The molecule has 1 rings (SSSR count). The average Bonchev–Trinajstić information content (AvgIpc) is 2.54. The zero-order chi connectivity index (χ0) is 12.6. The zero-order valence-electron chi connectivity index (χ0n) is 9.90. The van der Waals surface area contributed by atoms with Crippen molar-refractivity contribution in [2.75, 3.05) is 14.2 Å². The van der Waals surface area contributed by atoms with Crippen LogP contribution in [-0.2, 0) is 24.3 Å². The Hall–Kier alpha value is -1.14. The number of ether oxygens (including phenoxy) is 2. The fourth-order valence-electron chi connectivity index (χ4n) is 2.04. The molecule has 0 spiro atoms. The predicted octanol–water partition coefficient (Wildman–Crippen LogP) is 0.291. The van der Waals surface area contributed by atoms with E-state index in [-0.39, 0.29) is 12.8 Å². The first-order valence-electron chi connectivity index (χ1n) is 4.97. The van der Waals surface area contributed by atoms with Gasteiger partial charge in [-0.1, -0.05) is 0 Å². The minimum atomic E-state index is -1.31. The lowest BCUT2D eigenvalue weighted by Gasteiger charge is -2.32. The van der Waals surface area contributed by atoms with E-state index in [1.54, 1.807) is 0 Å². The van der Waals surface area contributed by atoms with Crippen molar-refractivity contribution in [3.63, 3.8) is 0 Å². The van der Waals surface area contributed by atoms with Crippen LogP contribution < -0.4 is 0 Å². The molecule has 6 nitrogen and oxygen atoms in total. The van der Waals surface area contributed by atoms with E-state index in [2.05, 4.69) is 9.47 Å². The van der Waals surface area contributed by atoms with E-state index in [9.17, 15) is 14.8 Å². The van der Waals surface area contributed by atoms with Crippen molar-refractivity contribution in [2.24, 2.45) is 0 Å². The first-order valence-corrected chi connectivity index (χ1v) is 4.97. The Bertz CT molecular complexity index is 288. The number of esters is 2. The van der Waals surface area contributed by atoms with E-state index >= 15 is 0 Å². The highest BCUT2D eigenvalue weighted by Gasteiger charge is 2.60. The summed E-state index contributed by atoms with van der Waals surface area (Å²) in [5.41, 5.74) is -2.62. The zero-order valence-corrected chi connectivity index (χ0v) is 9.90. The number of nitrogens with zero attached hydrogens (tertiary/aromatic N) is 1. The lowest BCUT2D eigenvalue weighted by Crippen LogP contribution is -2.56. The molecule has 0 bridgehead atoms. The molecule has 1 aliphatic rings. The van der Waals surface area contributed by atoms with Gasteiger partial charge in [-0.2, -0.15) is 0 Å². The van der Waals surface area contributed by atoms with Crippen molar-refractivity contribution in [1.82, 2.24) is 5.06 Å². The molecule has 0 aromatic rings. The van der Waals surface area contributed by atoms with Gasteiger partial charge in [0, 0.05) is 0 Å². The SMILES string of the molecule is COC(=O)[C@]1(C)CC[C@@](C)(C(=O)OC)N1[O]. The van der Waals surface area contributed by atoms with Gasteiger partial charge in [0.2, 0.25) is 0 Å². The minimum absolute atomic E-state index is 0.273. The highest BCUT2D eigenvalue weighted by Crippen LogP contribution is 2.41. The van der Waals surface area contributed by atoms with Crippen molar-refractivity contribution in [1.29, 1.82) is 0 Å². The number of methoxy groups -OCH3 is 2. The maximum Gasteiger partial charge on any atom is 0.328 e. The second kappa shape index (κ2) is 4.03. The van der Waals surface area contributed by atoms with Crippen LogP contribution in [0.1, 0.15) is 26.7 Å². The maximum atomic E-state index is 12.1. The van der Waals surface area contributed by atoms with Crippen LogP contribution in [0.4, 0.5) is 0 Å². The van der Waals surface area contributed by atoms with Crippen LogP contribution in [0.2, 0.25) is 0 Å². The van der Waals surface area contributed by atoms with Crippen molar-refractivity contribution in [3.05, 3.63) is 0 Å². The Kier molecular flexibility index (Phi) is 3.25. The standard InChI is InChI=1S/C10H16NO5/c1-9(7(12)15-3)5-6-10(2,11(9)14)8(13)16-4/h5-6H2,1-4H3/t9-,10-/m0/s1. The van der Waals surface area contributed by atoms with Crippen LogP contribution in [0.15, 0.2) is 0 Å².